The summed E-state index contributed by atoms with van der Waals surface area (Å²) >= 11 is 0. The molecule has 4 aliphatic rings. The van der Waals surface area contributed by atoms with Crippen LogP contribution in [0.1, 0.15) is 98.3 Å². The zero-order valence-electron chi connectivity index (χ0n) is 35.3. The molecule has 1 aliphatic carbocycles. The third-order valence-electron chi connectivity index (χ3n) is 13.7. The van der Waals surface area contributed by atoms with Gasteiger partial charge in [-0.05, 0) is 122 Å². The Hall–Kier alpha value is -5.69. The van der Waals surface area contributed by atoms with Crippen molar-refractivity contribution in [2.75, 3.05) is 26.2 Å². The number of rotatable bonds is 16. The minimum Gasteiger partial charge on any atom is -0.506 e. The van der Waals surface area contributed by atoms with Crippen molar-refractivity contribution in [3.05, 3.63) is 141 Å². The lowest BCUT2D eigenvalue weighted by atomic mass is 9.65. The van der Waals surface area contributed by atoms with Gasteiger partial charge in [0, 0.05) is 30.6 Å². The van der Waals surface area contributed by atoms with Crippen molar-refractivity contribution in [3.8, 4) is 11.5 Å². The highest BCUT2D eigenvalue weighted by molar-refractivity contribution is 5.87. The second-order valence-corrected chi connectivity index (χ2v) is 17.5. The first-order valence-corrected chi connectivity index (χ1v) is 22.2. The Morgan fingerprint density at radius 3 is 2.34 bits per heavy atom. The van der Waals surface area contributed by atoms with Crippen LogP contribution in [0.15, 0.2) is 108 Å². The van der Waals surface area contributed by atoms with E-state index in [1.807, 2.05) is 78.9 Å². The molecule has 0 spiro atoms. The highest BCUT2D eigenvalue weighted by Gasteiger charge is 2.45. The van der Waals surface area contributed by atoms with Gasteiger partial charge in [-0.3, -0.25) is 14.5 Å². The van der Waals surface area contributed by atoms with E-state index in [0.29, 0.717) is 41.0 Å². The molecule has 62 heavy (non-hydrogen) atoms. The van der Waals surface area contributed by atoms with Crippen LogP contribution in [0, 0.1) is 11.8 Å². The van der Waals surface area contributed by atoms with Gasteiger partial charge in [0.05, 0.1) is 23.1 Å². The summed E-state index contributed by atoms with van der Waals surface area (Å²) in [5.74, 6) is 0.419. The first-order valence-electron chi connectivity index (χ1n) is 22.2. The Labute approximate surface area is 362 Å². The molecule has 2 unspecified atom stereocenters. The molecule has 326 valence electrons. The van der Waals surface area contributed by atoms with Crippen molar-refractivity contribution in [1.82, 2.24) is 20.5 Å². The maximum atomic E-state index is 13.3. The molecule has 3 saturated heterocycles. The number of aromatic hydroxyl groups is 1. The SMILES string of the molecule is CCCC(NC[C@H](O)c1ccc(O)c2[nH]c(=O)ccc12)C1CCC(C(=O)O)(c2ccc(COc3cccc(C(NC(=O)O[C@H]4CN5CCC4CC5)c4ccccc4)c3)cc2)CC1. The number of carboxylic acid groups (broad SMARTS) is 1. The van der Waals surface area contributed by atoms with Crippen LogP contribution >= 0.6 is 0 Å². The largest absolute Gasteiger partial charge is 0.506 e. The average Bonchev–Trinajstić information content (AvgIpc) is 3.30. The molecule has 4 fully saturated rings. The standard InChI is InChI=1S/C50H58N4O8/c1-2-7-41(51-29-43(56)39-16-18-42(55)47-40(39)17-19-45(57)52-47)33-20-24-50(25-21-33,48(58)59)37-14-12-32(13-15-37)31-61-38-11-6-10-36(28-38)46(35-8-4-3-5-9-35)53-49(60)62-44-30-54-26-22-34(44)23-27-54/h3-6,8-19,28,33-34,41,43-44,46,51,55-56H,2,7,20-27,29-31H2,1H3,(H,52,57)(H,53,60)(H,58,59)/t33?,41?,43-,44-,46?,50?/m0/s1. The monoisotopic (exact) mass is 842 g/mol. The predicted octanol–water partition coefficient (Wildman–Crippen LogP) is 7.73. The lowest BCUT2D eigenvalue weighted by molar-refractivity contribution is -0.145. The minimum absolute atomic E-state index is 0.0546. The van der Waals surface area contributed by atoms with E-state index < -0.39 is 29.6 Å². The van der Waals surface area contributed by atoms with Crippen LogP contribution in [0.25, 0.3) is 10.9 Å². The fourth-order valence-electron chi connectivity index (χ4n) is 10.1. The number of benzene rings is 4. The maximum absolute atomic E-state index is 13.3. The van der Waals surface area contributed by atoms with Crippen molar-refractivity contribution < 1.29 is 34.4 Å². The summed E-state index contributed by atoms with van der Waals surface area (Å²) in [6.45, 7) is 5.61. The van der Waals surface area contributed by atoms with E-state index in [0.717, 1.165) is 80.4 Å². The van der Waals surface area contributed by atoms with E-state index in [9.17, 15) is 29.7 Å². The summed E-state index contributed by atoms with van der Waals surface area (Å²) in [6.07, 6.45) is 4.98. The molecule has 12 nitrogen and oxygen atoms in total. The fraction of sp³-hybridized carbons (Fsp3) is 0.420. The molecule has 4 aromatic carbocycles. The number of hydrogen-bond donors (Lipinski definition) is 6. The first kappa shape index (κ1) is 43.0. The Balaban J connectivity index is 0.884. The Bertz CT molecular complexity index is 2370. The van der Waals surface area contributed by atoms with E-state index in [1.165, 1.54) is 12.1 Å². The third kappa shape index (κ3) is 9.52. The normalized spacial score (nSPS) is 23.6. The number of phenols is 1. The van der Waals surface area contributed by atoms with Gasteiger partial charge >= 0.3 is 12.1 Å². The van der Waals surface area contributed by atoms with Gasteiger partial charge in [-0.15, -0.1) is 0 Å². The molecule has 3 aliphatic heterocycles. The van der Waals surface area contributed by atoms with Crippen LogP contribution in [0.5, 0.6) is 11.5 Å². The molecule has 12 heteroatoms. The number of aliphatic hydroxyl groups is 1. The number of pyridine rings is 1. The van der Waals surface area contributed by atoms with Crippen LogP contribution in [-0.4, -0.2) is 75.6 Å². The quantitative estimate of drug-likeness (QED) is 0.0578. The van der Waals surface area contributed by atoms with Crippen molar-refractivity contribution >= 4 is 23.0 Å². The summed E-state index contributed by atoms with van der Waals surface area (Å²) in [5, 5.41) is 39.5. The first-order chi connectivity index (χ1) is 30.1. The number of aromatic nitrogens is 1. The fourth-order valence-corrected chi connectivity index (χ4v) is 10.1. The molecule has 1 amide bonds. The number of amides is 1. The van der Waals surface area contributed by atoms with E-state index in [4.69, 9.17) is 9.47 Å². The molecular formula is C50H58N4O8. The highest BCUT2D eigenvalue weighted by atomic mass is 16.6. The molecule has 1 aromatic heterocycles. The summed E-state index contributed by atoms with van der Waals surface area (Å²) in [4.78, 5) is 43.3. The molecular weight excluding hydrogens is 785 g/mol. The van der Waals surface area contributed by atoms with Gasteiger partial charge in [0.1, 0.15) is 24.2 Å². The summed E-state index contributed by atoms with van der Waals surface area (Å²) in [5.41, 5.74) is 3.06. The van der Waals surface area contributed by atoms with Crippen molar-refractivity contribution in [2.45, 2.75) is 94.6 Å². The molecule has 2 bridgehead atoms. The summed E-state index contributed by atoms with van der Waals surface area (Å²) in [7, 11) is 0. The number of phenolic OH excluding ortho intramolecular Hbond substituents is 1. The van der Waals surface area contributed by atoms with E-state index >= 15 is 0 Å². The molecule has 0 radical (unpaired) electrons. The second kappa shape index (κ2) is 19.1. The van der Waals surface area contributed by atoms with Crippen LogP contribution in [-0.2, 0) is 21.6 Å². The van der Waals surface area contributed by atoms with Crippen LogP contribution in [0.4, 0.5) is 4.79 Å². The van der Waals surface area contributed by atoms with E-state index in [1.54, 1.807) is 12.1 Å². The number of alkyl carbamates (subject to hydrolysis) is 1. The molecule has 4 atom stereocenters. The number of hydrogen-bond acceptors (Lipinski definition) is 9. The lowest BCUT2D eigenvalue weighted by Gasteiger charge is -2.43. The number of nitrogens with one attached hydrogen (secondary N) is 3. The molecule has 9 rings (SSSR count). The summed E-state index contributed by atoms with van der Waals surface area (Å²) in [6, 6.07) is 31.1. The number of nitrogens with zero attached hydrogens (tertiary/aromatic N) is 1. The van der Waals surface area contributed by atoms with Crippen molar-refractivity contribution in [3.63, 3.8) is 0 Å². The number of carboxylic acids is 1. The Morgan fingerprint density at radius 2 is 1.65 bits per heavy atom. The van der Waals surface area contributed by atoms with Gasteiger partial charge in [0.15, 0.2) is 0 Å². The zero-order chi connectivity index (χ0) is 43.2. The smallest absolute Gasteiger partial charge is 0.408 e. The zero-order valence-corrected chi connectivity index (χ0v) is 35.3. The minimum atomic E-state index is -1.00. The van der Waals surface area contributed by atoms with Gasteiger partial charge in [0.25, 0.3) is 0 Å². The molecule has 4 heterocycles. The van der Waals surface area contributed by atoms with E-state index in [2.05, 4.69) is 27.4 Å². The Kier molecular flexibility index (Phi) is 13.3. The number of piperidine rings is 3. The summed E-state index contributed by atoms with van der Waals surface area (Å²) < 4.78 is 12.3. The van der Waals surface area contributed by atoms with Gasteiger partial charge in [-0.1, -0.05) is 86.1 Å². The third-order valence-corrected chi connectivity index (χ3v) is 13.7. The van der Waals surface area contributed by atoms with Gasteiger partial charge in [0.2, 0.25) is 5.56 Å². The number of aliphatic hydroxyl groups excluding tert-OH is 1. The number of fused-ring (bicyclic) bond motifs is 4. The number of carbonyl (C=O) groups is 2. The van der Waals surface area contributed by atoms with Crippen LogP contribution in [0.2, 0.25) is 0 Å². The van der Waals surface area contributed by atoms with Crippen molar-refractivity contribution in [1.29, 1.82) is 0 Å². The van der Waals surface area contributed by atoms with Crippen molar-refractivity contribution in [2.24, 2.45) is 11.8 Å². The lowest BCUT2D eigenvalue weighted by Crippen LogP contribution is -2.52. The van der Waals surface area contributed by atoms with Gasteiger partial charge in [-0.25, -0.2) is 4.79 Å². The van der Waals surface area contributed by atoms with E-state index in [-0.39, 0.29) is 42.5 Å². The number of carbonyl (C=O) groups excluding carboxylic acids is 1. The van der Waals surface area contributed by atoms with Crippen LogP contribution < -0.4 is 20.9 Å². The molecule has 5 aromatic rings. The highest BCUT2D eigenvalue weighted by Crippen LogP contribution is 2.44. The van der Waals surface area contributed by atoms with Crippen LogP contribution in [0.3, 0.4) is 0 Å². The molecule has 1 saturated carbocycles. The molecule has 6 N–H and O–H groups in total. The second-order valence-electron chi connectivity index (χ2n) is 17.5. The maximum Gasteiger partial charge on any atom is 0.408 e. The number of ether oxygens (including phenoxy) is 2. The van der Waals surface area contributed by atoms with Gasteiger partial charge in [-0.2, -0.15) is 0 Å². The van der Waals surface area contributed by atoms with Gasteiger partial charge < -0.3 is 40.4 Å². The Morgan fingerprint density at radius 1 is 0.903 bits per heavy atom. The number of aliphatic carboxylic acids is 1. The topological polar surface area (TPSA) is 173 Å². The average molecular weight is 843 g/mol. The predicted molar refractivity (Wildman–Crippen MR) is 237 cm³/mol. The number of H-pyrrole nitrogens is 1. The number of aromatic amines is 1.